The predicted octanol–water partition coefficient (Wildman–Crippen LogP) is 5.10. The van der Waals surface area contributed by atoms with Crippen LogP contribution in [0, 0.1) is 0 Å². The lowest BCUT2D eigenvalue weighted by Gasteiger charge is -2.44. The molecule has 1 saturated heterocycles. The smallest absolute Gasteiger partial charge is 0.244 e. The van der Waals surface area contributed by atoms with E-state index in [9.17, 15) is 9.90 Å². The van der Waals surface area contributed by atoms with Gasteiger partial charge in [-0.3, -0.25) is 9.79 Å². The fraction of sp³-hybridized carbons (Fsp3) is 0.750. The first kappa shape index (κ1) is 34.4. The lowest BCUT2D eigenvalue weighted by Crippen LogP contribution is -2.57. The summed E-state index contributed by atoms with van der Waals surface area (Å²) in [6.45, 7) is 10.5. The van der Waals surface area contributed by atoms with Crippen LogP contribution in [0.1, 0.15) is 92.4 Å². The number of aliphatic hydroxyl groups is 1. The second kappa shape index (κ2) is 17.9. The normalized spacial score (nSPS) is 28.9. The Hall–Kier alpha value is -1.84. The SMILES string of the molecule is CO[C@H]1[C@@H](O)CC(O[C@@H]2CCC[C@@H](C(C)N)O2)C[C@@H]1N(C)C(=O)CN=C/C=C(\C)CC/C=C(\C)CCC=C(C)C. The Labute approximate surface area is 242 Å². The van der Waals surface area contributed by atoms with Crippen molar-refractivity contribution in [2.45, 2.75) is 135 Å². The second-order valence-electron chi connectivity index (χ2n) is 11.9. The maximum absolute atomic E-state index is 13.0. The van der Waals surface area contributed by atoms with Crippen molar-refractivity contribution in [3.63, 3.8) is 0 Å². The number of likely N-dealkylation sites (N-methyl/N-ethyl adjacent to an activating group) is 1. The lowest BCUT2D eigenvalue weighted by atomic mass is 9.86. The van der Waals surface area contributed by atoms with Crippen LogP contribution in [0.4, 0.5) is 0 Å². The molecule has 1 saturated carbocycles. The molecule has 228 valence electrons. The van der Waals surface area contributed by atoms with Gasteiger partial charge in [-0.2, -0.15) is 0 Å². The van der Waals surface area contributed by atoms with Gasteiger partial charge < -0.3 is 30.0 Å². The molecule has 0 aromatic heterocycles. The summed E-state index contributed by atoms with van der Waals surface area (Å²) in [6.07, 6.45) is 14.3. The van der Waals surface area contributed by atoms with Crippen molar-refractivity contribution in [3.05, 3.63) is 34.9 Å². The molecule has 0 bridgehead atoms. The number of methoxy groups -OCH3 is 1. The molecule has 0 aromatic rings. The van der Waals surface area contributed by atoms with Crippen LogP contribution in [0.25, 0.3) is 0 Å². The van der Waals surface area contributed by atoms with Crippen LogP contribution in [0.15, 0.2) is 39.9 Å². The van der Waals surface area contributed by atoms with Crippen LogP contribution in [0.2, 0.25) is 0 Å². The van der Waals surface area contributed by atoms with E-state index in [1.807, 2.05) is 13.0 Å². The molecule has 2 rings (SSSR count). The third kappa shape index (κ3) is 12.0. The monoisotopic (exact) mass is 561 g/mol. The summed E-state index contributed by atoms with van der Waals surface area (Å²) in [5, 5.41) is 10.8. The zero-order valence-electron chi connectivity index (χ0n) is 26.0. The van der Waals surface area contributed by atoms with E-state index in [-0.39, 0.29) is 43.0 Å². The Morgan fingerprint density at radius 2 is 1.82 bits per heavy atom. The highest BCUT2D eigenvalue weighted by atomic mass is 16.7. The summed E-state index contributed by atoms with van der Waals surface area (Å²) in [5.41, 5.74) is 10.0. The largest absolute Gasteiger partial charge is 0.390 e. The molecule has 7 atom stereocenters. The number of allylic oxidation sites excluding steroid dienone is 6. The first-order valence-corrected chi connectivity index (χ1v) is 15.0. The molecule has 1 aliphatic carbocycles. The minimum atomic E-state index is -0.740. The average Bonchev–Trinajstić information content (AvgIpc) is 2.90. The predicted molar refractivity (Wildman–Crippen MR) is 162 cm³/mol. The van der Waals surface area contributed by atoms with E-state index in [4.69, 9.17) is 19.9 Å². The molecule has 1 aliphatic heterocycles. The fourth-order valence-corrected chi connectivity index (χ4v) is 5.41. The van der Waals surface area contributed by atoms with E-state index in [0.29, 0.717) is 12.8 Å². The Kier molecular flexibility index (Phi) is 15.3. The molecule has 40 heavy (non-hydrogen) atoms. The number of carbonyl (C=O) groups is 1. The number of aliphatic hydroxyl groups excluding tert-OH is 1. The molecule has 1 amide bonds. The Morgan fingerprint density at radius 1 is 1.12 bits per heavy atom. The van der Waals surface area contributed by atoms with Gasteiger partial charge in [-0.15, -0.1) is 0 Å². The number of amides is 1. The molecule has 2 aliphatic rings. The molecule has 2 unspecified atom stereocenters. The highest BCUT2D eigenvalue weighted by Crippen LogP contribution is 2.31. The van der Waals surface area contributed by atoms with Gasteiger partial charge in [0.15, 0.2) is 6.29 Å². The van der Waals surface area contributed by atoms with Gasteiger partial charge >= 0.3 is 0 Å². The highest BCUT2D eigenvalue weighted by Gasteiger charge is 2.42. The van der Waals surface area contributed by atoms with Crippen LogP contribution in [0.5, 0.6) is 0 Å². The molecule has 8 nitrogen and oxygen atoms in total. The molecule has 8 heteroatoms. The number of nitrogens with zero attached hydrogens (tertiary/aromatic N) is 2. The molecule has 0 radical (unpaired) electrons. The zero-order valence-corrected chi connectivity index (χ0v) is 26.0. The first-order valence-electron chi connectivity index (χ1n) is 15.0. The first-order chi connectivity index (χ1) is 19.0. The number of hydrogen-bond acceptors (Lipinski definition) is 7. The molecule has 0 spiro atoms. The summed E-state index contributed by atoms with van der Waals surface area (Å²) < 4.78 is 17.9. The van der Waals surface area contributed by atoms with Crippen molar-refractivity contribution in [2.75, 3.05) is 20.7 Å². The standard InChI is InChI=1S/C32H55N3O5/c1-22(2)11-8-12-23(3)13-9-14-24(4)17-18-34-21-30(37)35(6)27-19-26(20-28(36)32(27)38-7)39-31-16-10-15-29(40-31)25(5)33/h11,13,17-18,25-29,31-32,36H,8-10,12,14-16,19-21,33H2,1-7H3/b23-13+,24-17+,34-18?/t25?,26?,27-,28-,29-,31-,32+/m0/s1. The lowest BCUT2D eigenvalue weighted by molar-refractivity contribution is -0.235. The summed E-state index contributed by atoms with van der Waals surface area (Å²) in [7, 11) is 3.32. The van der Waals surface area contributed by atoms with E-state index >= 15 is 0 Å². The summed E-state index contributed by atoms with van der Waals surface area (Å²) >= 11 is 0. The van der Waals surface area contributed by atoms with Crippen LogP contribution < -0.4 is 5.73 Å². The molecular formula is C32H55N3O5. The minimum absolute atomic E-state index is 0.0206. The quantitative estimate of drug-likeness (QED) is 0.226. The molecule has 2 fully saturated rings. The van der Waals surface area contributed by atoms with Gasteiger partial charge in [0.05, 0.1) is 24.4 Å². The number of nitrogens with two attached hydrogens (primary N) is 1. The third-order valence-corrected chi connectivity index (χ3v) is 7.93. The van der Waals surface area contributed by atoms with Crippen LogP contribution in [0.3, 0.4) is 0 Å². The Bertz CT molecular complexity index is 893. The van der Waals surface area contributed by atoms with Crippen LogP contribution in [-0.2, 0) is 19.0 Å². The second-order valence-corrected chi connectivity index (χ2v) is 11.9. The van der Waals surface area contributed by atoms with Gasteiger partial charge in [0.25, 0.3) is 0 Å². The number of aliphatic imine (C=N–C) groups is 1. The minimum Gasteiger partial charge on any atom is -0.390 e. The molecule has 3 N–H and O–H groups in total. The number of carbonyl (C=O) groups excluding carboxylic acids is 1. The maximum Gasteiger partial charge on any atom is 0.244 e. The van der Waals surface area contributed by atoms with E-state index in [2.05, 4.69) is 44.8 Å². The van der Waals surface area contributed by atoms with Crippen molar-refractivity contribution in [1.82, 2.24) is 4.90 Å². The van der Waals surface area contributed by atoms with Crippen LogP contribution >= 0.6 is 0 Å². The number of rotatable bonds is 14. The van der Waals surface area contributed by atoms with Crippen molar-refractivity contribution in [1.29, 1.82) is 0 Å². The van der Waals surface area contributed by atoms with Gasteiger partial charge in [0.2, 0.25) is 5.91 Å². The van der Waals surface area contributed by atoms with E-state index in [0.717, 1.165) is 44.9 Å². The number of ether oxygens (including phenoxy) is 3. The van der Waals surface area contributed by atoms with Gasteiger partial charge in [-0.05, 0) is 92.1 Å². The summed E-state index contributed by atoms with van der Waals surface area (Å²) in [6, 6.07) is -0.376. The van der Waals surface area contributed by atoms with Crippen molar-refractivity contribution < 1.29 is 24.1 Å². The van der Waals surface area contributed by atoms with Gasteiger partial charge in [0, 0.05) is 32.8 Å². The van der Waals surface area contributed by atoms with E-state index in [1.165, 1.54) is 16.7 Å². The average molecular weight is 562 g/mol. The van der Waals surface area contributed by atoms with Crippen molar-refractivity contribution in [2.24, 2.45) is 10.7 Å². The third-order valence-electron chi connectivity index (χ3n) is 7.93. The van der Waals surface area contributed by atoms with Crippen molar-refractivity contribution >= 4 is 12.1 Å². The van der Waals surface area contributed by atoms with Crippen molar-refractivity contribution in [3.8, 4) is 0 Å². The number of hydrogen-bond donors (Lipinski definition) is 2. The topological polar surface area (TPSA) is 107 Å². The van der Waals surface area contributed by atoms with E-state index in [1.54, 1.807) is 25.3 Å². The Balaban J connectivity index is 1.86. The van der Waals surface area contributed by atoms with Gasteiger partial charge in [-0.25, -0.2) is 0 Å². The molecule has 0 aromatic carbocycles. The molecular weight excluding hydrogens is 506 g/mol. The highest BCUT2D eigenvalue weighted by molar-refractivity contribution is 5.81. The van der Waals surface area contributed by atoms with Crippen LogP contribution in [-0.4, -0.2) is 85.6 Å². The fourth-order valence-electron chi connectivity index (χ4n) is 5.41. The Morgan fingerprint density at radius 3 is 2.50 bits per heavy atom. The van der Waals surface area contributed by atoms with E-state index < -0.39 is 12.2 Å². The van der Waals surface area contributed by atoms with Gasteiger partial charge in [-0.1, -0.05) is 28.9 Å². The maximum atomic E-state index is 13.0. The molecule has 1 heterocycles. The van der Waals surface area contributed by atoms with Gasteiger partial charge in [0.1, 0.15) is 12.6 Å². The summed E-state index contributed by atoms with van der Waals surface area (Å²) in [5.74, 6) is -0.122. The summed E-state index contributed by atoms with van der Waals surface area (Å²) in [4.78, 5) is 19.0. The zero-order chi connectivity index (χ0) is 29.7.